The molecule has 1 fully saturated rings. The zero-order chi connectivity index (χ0) is 13.8. The highest BCUT2D eigenvalue weighted by Gasteiger charge is 2.22. The Balaban J connectivity index is 2.22. The molecule has 1 saturated carbocycles. The number of aryl methyl sites for hydroxylation is 1. The van der Waals surface area contributed by atoms with Gasteiger partial charge in [-0.25, -0.2) is 15.8 Å². The Kier molecular flexibility index (Phi) is 4.58. The van der Waals surface area contributed by atoms with Crippen LogP contribution in [0.2, 0.25) is 0 Å². The summed E-state index contributed by atoms with van der Waals surface area (Å²) >= 11 is 0. The number of aromatic nitrogens is 2. The van der Waals surface area contributed by atoms with Crippen LogP contribution in [0, 0.1) is 12.8 Å². The first-order valence-corrected chi connectivity index (χ1v) is 7.26. The van der Waals surface area contributed by atoms with Gasteiger partial charge in [0.05, 0.1) is 0 Å². The van der Waals surface area contributed by atoms with Crippen molar-refractivity contribution >= 4 is 11.6 Å². The SMILES string of the molecule is CCc1nc(NN)c(C)c(NC2CCCCC2C)n1. The summed E-state index contributed by atoms with van der Waals surface area (Å²) in [5, 5.41) is 3.60. The third kappa shape index (κ3) is 3.15. The van der Waals surface area contributed by atoms with Crippen LogP contribution in [0.3, 0.4) is 0 Å². The van der Waals surface area contributed by atoms with Gasteiger partial charge in [-0.2, -0.15) is 0 Å². The Labute approximate surface area is 115 Å². The van der Waals surface area contributed by atoms with Gasteiger partial charge in [-0.15, -0.1) is 0 Å². The Bertz CT molecular complexity index is 432. The maximum atomic E-state index is 5.54. The first-order chi connectivity index (χ1) is 9.15. The zero-order valence-corrected chi connectivity index (χ0v) is 12.2. The second-order valence-corrected chi connectivity index (χ2v) is 5.47. The Morgan fingerprint density at radius 2 is 1.89 bits per heavy atom. The number of nitrogens with zero attached hydrogens (tertiary/aromatic N) is 2. The van der Waals surface area contributed by atoms with Crippen molar-refractivity contribution in [3.63, 3.8) is 0 Å². The molecule has 2 rings (SSSR count). The lowest BCUT2D eigenvalue weighted by Gasteiger charge is -2.30. The molecule has 2 atom stereocenters. The van der Waals surface area contributed by atoms with Gasteiger partial charge in [0.1, 0.15) is 17.5 Å². The lowest BCUT2D eigenvalue weighted by atomic mass is 9.86. The van der Waals surface area contributed by atoms with E-state index in [0.29, 0.717) is 12.0 Å². The van der Waals surface area contributed by atoms with Crippen molar-refractivity contribution in [3.8, 4) is 0 Å². The number of nitrogens with two attached hydrogens (primary N) is 1. The second kappa shape index (κ2) is 6.19. The fraction of sp³-hybridized carbons (Fsp3) is 0.714. The molecule has 1 aromatic rings. The summed E-state index contributed by atoms with van der Waals surface area (Å²) in [6, 6.07) is 0.512. The van der Waals surface area contributed by atoms with Crippen LogP contribution in [0.4, 0.5) is 11.6 Å². The molecule has 0 spiro atoms. The number of nitrogen functional groups attached to an aromatic ring is 1. The standard InChI is InChI=1S/C14H25N5/c1-4-12-17-13(10(3)14(18-12)19-15)16-11-8-6-5-7-9(11)2/h9,11H,4-8,15H2,1-3H3,(H2,16,17,18,19). The predicted octanol–water partition coefficient (Wildman–Crippen LogP) is 2.62. The molecule has 5 nitrogen and oxygen atoms in total. The van der Waals surface area contributed by atoms with Crippen LogP contribution in [0.25, 0.3) is 0 Å². The zero-order valence-electron chi connectivity index (χ0n) is 12.2. The summed E-state index contributed by atoms with van der Waals surface area (Å²) in [5.41, 5.74) is 3.67. The minimum absolute atomic E-state index is 0.512. The van der Waals surface area contributed by atoms with E-state index in [4.69, 9.17) is 5.84 Å². The molecule has 0 amide bonds. The molecule has 19 heavy (non-hydrogen) atoms. The molecule has 0 radical (unpaired) electrons. The molecule has 4 N–H and O–H groups in total. The molecule has 0 bridgehead atoms. The molecular weight excluding hydrogens is 238 g/mol. The Morgan fingerprint density at radius 3 is 2.53 bits per heavy atom. The number of hydrazine groups is 1. The van der Waals surface area contributed by atoms with Crippen LogP contribution >= 0.6 is 0 Å². The van der Waals surface area contributed by atoms with Gasteiger partial charge < -0.3 is 10.7 Å². The molecule has 2 unspecified atom stereocenters. The van der Waals surface area contributed by atoms with Crippen LogP contribution < -0.4 is 16.6 Å². The molecule has 0 saturated heterocycles. The first kappa shape index (κ1) is 14.1. The van der Waals surface area contributed by atoms with Gasteiger partial charge in [-0.3, -0.25) is 0 Å². The Hall–Kier alpha value is -1.36. The molecule has 1 aliphatic rings. The average molecular weight is 263 g/mol. The van der Waals surface area contributed by atoms with Gasteiger partial charge in [-0.1, -0.05) is 26.7 Å². The van der Waals surface area contributed by atoms with Gasteiger partial charge in [-0.05, 0) is 25.7 Å². The van der Waals surface area contributed by atoms with Crippen molar-refractivity contribution in [1.82, 2.24) is 9.97 Å². The van der Waals surface area contributed by atoms with E-state index in [1.54, 1.807) is 0 Å². The van der Waals surface area contributed by atoms with Crippen LogP contribution in [0.15, 0.2) is 0 Å². The molecule has 0 aliphatic heterocycles. The third-order valence-electron chi connectivity index (χ3n) is 4.08. The number of rotatable bonds is 4. The highest BCUT2D eigenvalue weighted by Crippen LogP contribution is 2.28. The van der Waals surface area contributed by atoms with Crippen molar-refractivity contribution in [2.75, 3.05) is 10.7 Å². The minimum atomic E-state index is 0.512. The molecule has 0 aromatic carbocycles. The van der Waals surface area contributed by atoms with E-state index in [1.165, 1.54) is 25.7 Å². The molecule has 5 heteroatoms. The minimum Gasteiger partial charge on any atom is -0.367 e. The molecule has 1 heterocycles. The van der Waals surface area contributed by atoms with Crippen LogP contribution in [0.1, 0.15) is 50.9 Å². The van der Waals surface area contributed by atoms with Crippen molar-refractivity contribution in [1.29, 1.82) is 0 Å². The van der Waals surface area contributed by atoms with Gasteiger partial charge in [0.2, 0.25) is 0 Å². The predicted molar refractivity (Wildman–Crippen MR) is 79.0 cm³/mol. The molecule has 1 aliphatic carbocycles. The summed E-state index contributed by atoms with van der Waals surface area (Å²) < 4.78 is 0. The van der Waals surface area contributed by atoms with E-state index >= 15 is 0 Å². The van der Waals surface area contributed by atoms with Gasteiger partial charge >= 0.3 is 0 Å². The second-order valence-electron chi connectivity index (χ2n) is 5.47. The third-order valence-corrected chi connectivity index (χ3v) is 4.08. The monoisotopic (exact) mass is 263 g/mol. The fourth-order valence-corrected chi connectivity index (χ4v) is 2.71. The lowest BCUT2D eigenvalue weighted by Crippen LogP contribution is -2.31. The highest BCUT2D eigenvalue weighted by atomic mass is 15.3. The maximum absolute atomic E-state index is 5.54. The van der Waals surface area contributed by atoms with E-state index in [0.717, 1.165) is 29.4 Å². The van der Waals surface area contributed by atoms with E-state index in [2.05, 4.69) is 34.6 Å². The van der Waals surface area contributed by atoms with Crippen molar-refractivity contribution in [2.45, 2.75) is 58.9 Å². The van der Waals surface area contributed by atoms with Crippen molar-refractivity contribution < 1.29 is 0 Å². The van der Waals surface area contributed by atoms with Gasteiger partial charge in [0.25, 0.3) is 0 Å². The van der Waals surface area contributed by atoms with Crippen LogP contribution in [-0.2, 0) is 6.42 Å². The quantitative estimate of drug-likeness (QED) is 0.575. The summed E-state index contributed by atoms with van der Waals surface area (Å²) in [5.74, 6) is 8.71. The van der Waals surface area contributed by atoms with Gasteiger partial charge in [0.15, 0.2) is 0 Å². The van der Waals surface area contributed by atoms with Gasteiger partial charge in [0, 0.05) is 18.0 Å². The van der Waals surface area contributed by atoms with Crippen LogP contribution in [-0.4, -0.2) is 16.0 Å². The number of hydrogen-bond acceptors (Lipinski definition) is 5. The number of hydrogen-bond donors (Lipinski definition) is 3. The van der Waals surface area contributed by atoms with E-state index in [1.807, 2.05) is 6.92 Å². The number of nitrogens with one attached hydrogen (secondary N) is 2. The summed E-state index contributed by atoms with van der Waals surface area (Å²) in [4.78, 5) is 9.00. The van der Waals surface area contributed by atoms with Crippen molar-refractivity contribution in [3.05, 3.63) is 11.4 Å². The topological polar surface area (TPSA) is 75.9 Å². The van der Waals surface area contributed by atoms with E-state index in [-0.39, 0.29) is 0 Å². The summed E-state index contributed by atoms with van der Waals surface area (Å²) in [6.07, 6.45) is 5.97. The lowest BCUT2D eigenvalue weighted by molar-refractivity contribution is 0.349. The molecule has 106 valence electrons. The number of anilines is 2. The molecule has 1 aromatic heterocycles. The van der Waals surface area contributed by atoms with E-state index in [9.17, 15) is 0 Å². The first-order valence-electron chi connectivity index (χ1n) is 7.26. The smallest absolute Gasteiger partial charge is 0.148 e. The van der Waals surface area contributed by atoms with Crippen molar-refractivity contribution in [2.24, 2.45) is 11.8 Å². The summed E-state index contributed by atoms with van der Waals surface area (Å²) in [6.45, 7) is 6.37. The largest absolute Gasteiger partial charge is 0.367 e. The highest BCUT2D eigenvalue weighted by molar-refractivity contribution is 5.57. The summed E-state index contributed by atoms with van der Waals surface area (Å²) in [7, 11) is 0. The van der Waals surface area contributed by atoms with Crippen LogP contribution in [0.5, 0.6) is 0 Å². The maximum Gasteiger partial charge on any atom is 0.148 e. The fourth-order valence-electron chi connectivity index (χ4n) is 2.71. The normalized spacial score (nSPS) is 23.2. The average Bonchev–Trinajstić information content (AvgIpc) is 2.43. The van der Waals surface area contributed by atoms with E-state index < -0.39 is 0 Å². The molecular formula is C14H25N5. The Morgan fingerprint density at radius 1 is 1.21 bits per heavy atom.